The number of furan rings is 2. The maximum absolute atomic E-state index is 13.2. The second-order valence-corrected chi connectivity index (χ2v) is 13.7. The van der Waals surface area contributed by atoms with Crippen LogP contribution in [0.5, 0.6) is 0 Å². The van der Waals surface area contributed by atoms with E-state index in [1.54, 1.807) is 21.6 Å². The highest BCUT2D eigenvalue weighted by molar-refractivity contribution is 8.26. The van der Waals surface area contributed by atoms with E-state index in [9.17, 15) is 9.59 Å². The van der Waals surface area contributed by atoms with Gasteiger partial charge in [0.25, 0.3) is 11.5 Å². The largest absolute Gasteiger partial charge is 0.453 e. The van der Waals surface area contributed by atoms with Crippen molar-refractivity contribution in [3.05, 3.63) is 60.2 Å². The molecule has 0 aliphatic carbocycles. The molecule has 1 aliphatic heterocycles. The average Bonchev–Trinajstić information content (AvgIpc) is 3.75. The van der Waals surface area contributed by atoms with Gasteiger partial charge in [0.2, 0.25) is 0 Å². The molecule has 0 radical (unpaired) electrons. The van der Waals surface area contributed by atoms with Crippen molar-refractivity contribution in [3.8, 4) is 11.5 Å². The summed E-state index contributed by atoms with van der Waals surface area (Å²) in [6.07, 6.45) is 12.4. The van der Waals surface area contributed by atoms with E-state index < -0.39 is 0 Å². The molecule has 1 saturated heterocycles. The summed E-state index contributed by atoms with van der Waals surface area (Å²) in [7, 11) is 0. The Hall–Kier alpha value is -2.62. The van der Waals surface area contributed by atoms with Crippen LogP contribution in [-0.4, -0.2) is 26.2 Å². The van der Waals surface area contributed by atoms with Crippen molar-refractivity contribution < 1.29 is 13.6 Å². The third kappa shape index (κ3) is 7.85. The lowest BCUT2D eigenvalue weighted by Gasteiger charge is -2.21. The number of nitrogens with zero attached hydrogens (tertiary/aromatic N) is 2. The fourth-order valence-corrected chi connectivity index (χ4v) is 7.29. The van der Waals surface area contributed by atoms with Crippen molar-refractivity contribution >= 4 is 64.3 Å². The summed E-state index contributed by atoms with van der Waals surface area (Å²) in [4.78, 5) is 28.6. The van der Waals surface area contributed by atoms with Crippen molar-refractivity contribution in [1.82, 2.24) is 9.47 Å². The molecule has 2 unspecified atom stereocenters. The first kappa shape index (κ1) is 32.3. The molecule has 4 rings (SSSR count). The van der Waals surface area contributed by atoms with E-state index in [0.29, 0.717) is 61.7 Å². The molecular weight excluding hydrogens is 585 g/mol. The van der Waals surface area contributed by atoms with Crippen molar-refractivity contribution in [3.63, 3.8) is 0 Å². The smallest absolute Gasteiger partial charge is 0.269 e. The van der Waals surface area contributed by atoms with Crippen LogP contribution in [0.1, 0.15) is 90.6 Å². The van der Waals surface area contributed by atoms with E-state index in [1.165, 1.54) is 29.5 Å². The Morgan fingerprint density at radius 1 is 0.881 bits per heavy atom. The predicted molar refractivity (Wildman–Crippen MR) is 180 cm³/mol. The Morgan fingerprint density at radius 3 is 2.02 bits per heavy atom. The standard InChI is InChI=1S/C33H42N2O4S3/c1-6-10-12-23(8-3)20-34-22(5)41-29(31(34)36)18-25-14-16-27(38-25)28-17-15-26(39-28)19-30-32(37)35(33(40)42-30)21-24(9-4)13-11-7-2/h14-19,23-24H,5-13,20-21H2,1-4H3/b29-18-,30-19-. The minimum atomic E-state index is -0.0604. The van der Waals surface area contributed by atoms with Crippen LogP contribution >= 0.6 is 35.3 Å². The van der Waals surface area contributed by atoms with Crippen LogP contribution in [0.3, 0.4) is 0 Å². The fraction of sp³-hybridized carbons (Fsp3) is 0.485. The molecule has 1 amide bonds. The minimum absolute atomic E-state index is 0.0221. The molecule has 4 heterocycles. The summed E-state index contributed by atoms with van der Waals surface area (Å²) in [5.74, 6) is 3.08. The Morgan fingerprint density at radius 2 is 1.45 bits per heavy atom. The van der Waals surface area contributed by atoms with Crippen LogP contribution in [-0.2, 0) is 11.3 Å². The summed E-state index contributed by atoms with van der Waals surface area (Å²) in [6.45, 7) is 14.2. The molecule has 0 saturated carbocycles. The molecule has 226 valence electrons. The number of unbranched alkanes of at least 4 members (excludes halogenated alkanes) is 2. The molecule has 42 heavy (non-hydrogen) atoms. The Bertz CT molecular complexity index is 1570. The topological polar surface area (TPSA) is 68.6 Å². The third-order valence-corrected chi connectivity index (χ3v) is 10.2. The van der Waals surface area contributed by atoms with Gasteiger partial charge in [0, 0.05) is 25.2 Å². The second kappa shape index (κ2) is 15.2. The first-order chi connectivity index (χ1) is 20.3. The summed E-state index contributed by atoms with van der Waals surface area (Å²) >= 11 is 8.25. The maximum Gasteiger partial charge on any atom is 0.269 e. The lowest BCUT2D eigenvalue weighted by Crippen LogP contribution is -2.33. The van der Waals surface area contributed by atoms with Crippen molar-refractivity contribution in [1.29, 1.82) is 0 Å². The Labute approximate surface area is 262 Å². The number of thiocarbonyl (C=S) groups is 1. The fourth-order valence-electron chi connectivity index (χ4n) is 5.14. The number of amides is 1. The van der Waals surface area contributed by atoms with Crippen LogP contribution in [0, 0.1) is 11.8 Å². The summed E-state index contributed by atoms with van der Waals surface area (Å²) in [6, 6.07) is 7.29. The monoisotopic (exact) mass is 626 g/mol. The van der Waals surface area contributed by atoms with E-state index in [0.717, 1.165) is 49.6 Å². The second-order valence-electron chi connectivity index (χ2n) is 10.9. The van der Waals surface area contributed by atoms with Crippen LogP contribution in [0.25, 0.3) is 30.3 Å². The SMILES string of the molecule is C=c1s/c(=C\c2ccc(-c3ccc(/C=C4\SC(=S)N(CC(CC)CCCC)C4=O)o3)o2)c(=O)n1CC(CC)CCCC. The minimum Gasteiger partial charge on any atom is -0.453 e. The summed E-state index contributed by atoms with van der Waals surface area (Å²) < 4.78 is 15.8. The highest BCUT2D eigenvalue weighted by atomic mass is 32.2. The van der Waals surface area contributed by atoms with Crippen LogP contribution < -0.4 is 14.8 Å². The van der Waals surface area contributed by atoms with E-state index in [-0.39, 0.29) is 11.5 Å². The van der Waals surface area contributed by atoms with E-state index in [2.05, 4.69) is 34.3 Å². The maximum atomic E-state index is 13.2. The van der Waals surface area contributed by atoms with Crippen LogP contribution in [0.2, 0.25) is 0 Å². The number of aromatic nitrogens is 1. The molecule has 3 aromatic heterocycles. The Balaban J connectivity index is 1.47. The van der Waals surface area contributed by atoms with Gasteiger partial charge in [0.15, 0.2) is 11.5 Å². The quantitative estimate of drug-likeness (QED) is 0.128. The predicted octanol–water partition coefficient (Wildman–Crippen LogP) is 7.64. The van der Waals surface area contributed by atoms with Gasteiger partial charge in [-0.1, -0.05) is 96.8 Å². The number of hydrogen-bond donors (Lipinski definition) is 0. The van der Waals surface area contributed by atoms with Gasteiger partial charge < -0.3 is 8.83 Å². The summed E-state index contributed by atoms with van der Waals surface area (Å²) in [5, 5.41) is 0. The molecule has 9 heteroatoms. The van der Waals surface area contributed by atoms with Gasteiger partial charge in [-0.3, -0.25) is 19.1 Å². The van der Waals surface area contributed by atoms with Crippen LogP contribution in [0.15, 0.2) is 42.8 Å². The van der Waals surface area contributed by atoms with Gasteiger partial charge in [0.1, 0.15) is 15.8 Å². The zero-order chi connectivity index (χ0) is 30.2. The molecule has 3 aromatic rings. The number of carbonyl (C=O) groups excluding carboxylic acids is 1. The highest BCUT2D eigenvalue weighted by Crippen LogP contribution is 2.35. The van der Waals surface area contributed by atoms with E-state index in [4.69, 9.17) is 21.1 Å². The molecule has 2 atom stereocenters. The number of rotatable bonds is 15. The summed E-state index contributed by atoms with van der Waals surface area (Å²) in [5.41, 5.74) is -0.0221. The lowest BCUT2D eigenvalue weighted by molar-refractivity contribution is -0.122. The van der Waals surface area contributed by atoms with Crippen molar-refractivity contribution in [2.75, 3.05) is 6.54 Å². The first-order valence-corrected chi connectivity index (χ1v) is 17.2. The number of thioether (sulfide) groups is 1. The van der Waals surface area contributed by atoms with E-state index >= 15 is 0 Å². The third-order valence-electron chi connectivity index (χ3n) is 7.87. The van der Waals surface area contributed by atoms with Gasteiger partial charge in [-0.15, -0.1) is 11.3 Å². The number of hydrogen-bond acceptors (Lipinski definition) is 7. The molecule has 1 fully saturated rings. The van der Waals surface area contributed by atoms with Crippen molar-refractivity contribution in [2.45, 2.75) is 85.6 Å². The zero-order valence-electron chi connectivity index (χ0n) is 25.1. The molecule has 1 aliphatic rings. The lowest BCUT2D eigenvalue weighted by atomic mass is 9.99. The number of carbonyl (C=O) groups is 1. The molecular formula is C33H42N2O4S3. The molecule has 6 nitrogen and oxygen atoms in total. The van der Waals surface area contributed by atoms with Gasteiger partial charge in [-0.2, -0.15) is 0 Å². The van der Waals surface area contributed by atoms with Gasteiger partial charge in [-0.25, -0.2) is 0 Å². The van der Waals surface area contributed by atoms with Crippen LogP contribution in [0.4, 0.5) is 0 Å². The highest BCUT2D eigenvalue weighted by Gasteiger charge is 2.33. The number of thiazole rings is 1. The molecule has 0 aromatic carbocycles. The van der Waals surface area contributed by atoms with Gasteiger partial charge in [0.05, 0.1) is 14.1 Å². The van der Waals surface area contributed by atoms with E-state index in [1.807, 2.05) is 24.3 Å². The molecule has 0 N–H and O–H groups in total. The molecule has 0 bridgehead atoms. The zero-order valence-corrected chi connectivity index (χ0v) is 27.6. The Kier molecular flexibility index (Phi) is 11.7. The molecule has 0 spiro atoms. The average molecular weight is 627 g/mol. The first-order valence-electron chi connectivity index (χ1n) is 15.1. The van der Waals surface area contributed by atoms with Crippen molar-refractivity contribution in [2.24, 2.45) is 11.8 Å². The van der Waals surface area contributed by atoms with Gasteiger partial charge in [-0.05, 0) is 48.9 Å². The van der Waals surface area contributed by atoms with Gasteiger partial charge >= 0.3 is 0 Å². The normalized spacial score (nSPS) is 16.7.